The first-order chi connectivity index (χ1) is 8.58. The van der Waals surface area contributed by atoms with E-state index in [1.165, 1.54) is 24.0 Å². The van der Waals surface area contributed by atoms with E-state index in [-0.39, 0.29) is 35.3 Å². The Balaban J connectivity index is -0.000000270. The fourth-order valence-electron chi connectivity index (χ4n) is 2.06. The standard InChI is InChI=1S/2C9H13.2FH.Hf/c2*1-8(2)7-9-5-3-4-6-9;;;/h2*3,5,8H,4,7H2,1-2H3;2*1H;/q2*-1;;;. The van der Waals surface area contributed by atoms with Gasteiger partial charge in [0.2, 0.25) is 0 Å². The molecule has 3 heteroatoms. The minimum absolute atomic E-state index is 0. The SMILES string of the molecule is CC(C)CC1=[C-]CC=C1.CC(C)CC1=[C-]CC=C1.F.F.[Hf]. The molecule has 0 amide bonds. The number of rotatable bonds is 4. The van der Waals surface area contributed by atoms with Crippen LogP contribution in [0.1, 0.15) is 53.4 Å². The smallest absolute Gasteiger partial charge is 0 e. The summed E-state index contributed by atoms with van der Waals surface area (Å²) in [5.41, 5.74) is 2.79. The largest absolute Gasteiger partial charge is 0.269 e. The Kier molecular flexibility index (Phi) is 17.8. The van der Waals surface area contributed by atoms with Gasteiger partial charge in [0.15, 0.2) is 0 Å². The summed E-state index contributed by atoms with van der Waals surface area (Å²) in [5, 5.41) is 0. The van der Waals surface area contributed by atoms with Gasteiger partial charge in [-0.05, 0) is 11.8 Å². The van der Waals surface area contributed by atoms with E-state index in [1.807, 2.05) is 0 Å². The predicted molar refractivity (Wildman–Crippen MR) is 84.9 cm³/mol. The van der Waals surface area contributed by atoms with Crippen LogP contribution in [0.5, 0.6) is 0 Å². The zero-order valence-electron chi connectivity index (χ0n) is 13.6. The van der Waals surface area contributed by atoms with Gasteiger partial charge < -0.3 is 0 Å². The molecular formula is C18H28F2Hf-2. The maximum atomic E-state index is 3.29. The van der Waals surface area contributed by atoms with Crippen molar-refractivity contribution in [3.05, 3.63) is 47.6 Å². The summed E-state index contributed by atoms with van der Waals surface area (Å²) < 4.78 is 0. The van der Waals surface area contributed by atoms with Gasteiger partial charge in [-0.25, -0.2) is 23.3 Å². The molecule has 0 aromatic carbocycles. The molecule has 0 aromatic heterocycles. The Bertz CT molecular complexity index is 327. The molecule has 0 aliphatic heterocycles. The van der Waals surface area contributed by atoms with Crippen LogP contribution >= 0.6 is 0 Å². The van der Waals surface area contributed by atoms with E-state index in [0.29, 0.717) is 0 Å². The Hall–Kier alpha value is -0.310. The summed E-state index contributed by atoms with van der Waals surface area (Å²) >= 11 is 0. The number of hydrogen-bond acceptors (Lipinski definition) is 0. The molecule has 0 atom stereocenters. The zero-order valence-corrected chi connectivity index (χ0v) is 17.2. The van der Waals surface area contributed by atoms with Gasteiger partial charge in [0.1, 0.15) is 0 Å². The molecule has 2 aliphatic carbocycles. The van der Waals surface area contributed by atoms with Gasteiger partial charge in [0.05, 0.1) is 0 Å². The summed E-state index contributed by atoms with van der Waals surface area (Å²) in [5.74, 6) is 1.55. The van der Waals surface area contributed by atoms with E-state index in [9.17, 15) is 0 Å². The van der Waals surface area contributed by atoms with E-state index in [0.717, 1.165) is 24.7 Å². The molecule has 0 bridgehead atoms. The average molecular weight is 461 g/mol. The van der Waals surface area contributed by atoms with Crippen molar-refractivity contribution < 1.29 is 35.3 Å². The molecule has 0 heterocycles. The second-order valence-electron chi connectivity index (χ2n) is 5.81. The molecule has 0 unspecified atom stereocenters. The second kappa shape index (κ2) is 14.6. The molecule has 2 aliphatic rings. The Labute approximate surface area is 148 Å². The Morgan fingerprint density at radius 3 is 1.33 bits per heavy atom. The molecule has 0 spiro atoms. The van der Waals surface area contributed by atoms with Crippen molar-refractivity contribution >= 4 is 0 Å². The third-order valence-electron chi connectivity index (χ3n) is 2.79. The Morgan fingerprint density at radius 2 is 1.14 bits per heavy atom. The third kappa shape index (κ3) is 13.1. The van der Waals surface area contributed by atoms with Crippen LogP contribution in [0.2, 0.25) is 0 Å². The van der Waals surface area contributed by atoms with Crippen LogP contribution in [0.15, 0.2) is 35.5 Å². The molecular weight excluding hydrogens is 433 g/mol. The van der Waals surface area contributed by atoms with Crippen LogP contribution in [-0.2, 0) is 25.8 Å². The van der Waals surface area contributed by atoms with Crippen molar-refractivity contribution in [1.82, 2.24) is 0 Å². The predicted octanol–water partition coefficient (Wildman–Crippen LogP) is 5.75. The van der Waals surface area contributed by atoms with Gasteiger partial charge in [-0.1, -0.05) is 40.5 Å². The minimum Gasteiger partial charge on any atom is -0.269 e. The topological polar surface area (TPSA) is 0 Å². The van der Waals surface area contributed by atoms with E-state index in [1.54, 1.807) is 0 Å². The number of allylic oxidation sites excluding steroid dienone is 8. The molecule has 0 saturated heterocycles. The van der Waals surface area contributed by atoms with Crippen LogP contribution in [0.4, 0.5) is 9.41 Å². The Morgan fingerprint density at radius 1 is 0.810 bits per heavy atom. The van der Waals surface area contributed by atoms with Gasteiger partial charge in [-0.15, -0.1) is 12.8 Å². The van der Waals surface area contributed by atoms with E-state index in [2.05, 4.69) is 64.2 Å². The molecule has 0 saturated carbocycles. The van der Waals surface area contributed by atoms with Crippen molar-refractivity contribution in [1.29, 1.82) is 0 Å². The summed E-state index contributed by atoms with van der Waals surface area (Å²) in [6.07, 6.45) is 19.7. The zero-order chi connectivity index (χ0) is 13.4. The summed E-state index contributed by atoms with van der Waals surface area (Å²) in [7, 11) is 0. The molecule has 0 radical (unpaired) electrons. The summed E-state index contributed by atoms with van der Waals surface area (Å²) in [6.45, 7) is 8.95. The van der Waals surface area contributed by atoms with Crippen LogP contribution in [-0.4, -0.2) is 0 Å². The van der Waals surface area contributed by atoms with Gasteiger partial charge in [0, 0.05) is 25.8 Å². The van der Waals surface area contributed by atoms with Crippen LogP contribution < -0.4 is 0 Å². The molecule has 0 fully saturated rings. The number of halogens is 2. The first kappa shape index (κ1) is 25.6. The monoisotopic (exact) mass is 462 g/mol. The quantitative estimate of drug-likeness (QED) is 0.370. The summed E-state index contributed by atoms with van der Waals surface area (Å²) in [6, 6.07) is 0. The van der Waals surface area contributed by atoms with Crippen molar-refractivity contribution in [2.75, 3.05) is 0 Å². The van der Waals surface area contributed by atoms with Crippen molar-refractivity contribution in [3.8, 4) is 0 Å². The van der Waals surface area contributed by atoms with Crippen LogP contribution in [0.3, 0.4) is 0 Å². The van der Waals surface area contributed by atoms with Crippen LogP contribution in [0.25, 0.3) is 0 Å². The summed E-state index contributed by atoms with van der Waals surface area (Å²) in [4.78, 5) is 0. The van der Waals surface area contributed by atoms with E-state index >= 15 is 0 Å². The van der Waals surface area contributed by atoms with E-state index < -0.39 is 0 Å². The van der Waals surface area contributed by atoms with Crippen LogP contribution in [0, 0.1) is 24.0 Å². The molecule has 0 N–H and O–H groups in total. The molecule has 0 aromatic rings. The first-order valence-corrected chi connectivity index (χ1v) is 7.10. The second-order valence-corrected chi connectivity index (χ2v) is 5.81. The number of hydrogen-bond donors (Lipinski definition) is 0. The molecule has 0 nitrogen and oxygen atoms in total. The van der Waals surface area contributed by atoms with Gasteiger partial charge >= 0.3 is 0 Å². The third-order valence-corrected chi connectivity index (χ3v) is 2.79. The van der Waals surface area contributed by atoms with Gasteiger partial charge in [-0.3, -0.25) is 21.6 Å². The minimum atomic E-state index is 0. The normalized spacial score (nSPS) is 14.6. The molecule has 21 heavy (non-hydrogen) atoms. The van der Waals surface area contributed by atoms with Gasteiger partial charge in [-0.2, -0.15) is 12.2 Å². The van der Waals surface area contributed by atoms with Crippen molar-refractivity contribution in [3.63, 3.8) is 0 Å². The van der Waals surface area contributed by atoms with Crippen molar-refractivity contribution in [2.24, 2.45) is 11.8 Å². The molecule has 120 valence electrons. The van der Waals surface area contributed by atoms with Gasteiger partial charge in [0.25, 0.3) is 0 Å². The van der Waals surface area contributed by atoms with E-state index in [4.69, 9.17) is 0 Å². The maximum absolute atomic E-state index is 3.29. The fraction of sp³-hybridized carbons (Fsp3) is 0.556. The van der Waals surface area contributed by atoms with Crippen molar-refractivity contribution in [2.45, 2.75) is 53.4 Å². The first-order valence-electron chi connectivity index (χ1n) is 7.10. The average Bonchev–Trinajstić information content (AvgIpc) is 2.90. The fourth-order valence-corrected chi connectivity index (χ4v) is 2.06. The maximum Gasteiger partial charge on any atom is 0 e. The molecule has 2 rings (SSSR count).